The first kappa shape index (κ1) is 17.2. The molecule has 1 aliphatic carbocycles. The molecule has 2 nitrogen and oxygen atoms in total. The Kier molecular flexibility index (Phi) is 3.70. The fourth-order valence-corrected chi connectivity index (χ4v) is 4.82. The Hall–Kier alpha value is -2.94. The van der Waals surface area contributed by atoms with Crippen molar-refractivity contribution in [3.05, 3.63) is 88.9 Å². The van der Waals surface area contributed by atoms with Crippen molar-refractivity contribution in [1.82, 2.24) is 0 Å². The molecule has 140 valence electrons. The van der Waals surface area contributed by atoms with Gasteiger partial charge in [-0.25, -0.2) is 4.39 Å². The van der Waals surface area contributed by atoms with Crippen LogP contribution < -0.4 is 5.32 Å². The number of halogens is 1. The summed E-state index contributed by atoms with van der Waals surface area (Å²) in [6, 6.07) is 19.1. The lowest BCUT2D eigenvalue weighted by atomic mass is 9.68. The number of rotatable bonds is 1. The molecule has 3 heteroatoms. The Labute approximate surface area is 164 Å². The maximum absolute atomic E-state index is 14.1. The summed E-state index contributed by atoms with van der Waals surface area (Å²) in [5.74, 6) is -0.369. The van der Waals surface area contributed by atoms with E-state index < -0.39 is 0 Å². The minimum atomic E-state index is -0.274. The lowest BCUT2D eigenvalue weighted by Crippen LogP contribution is -2.33. The fourth-order valence-electron chi connectivity index (χ4n) is 4.82. The van der Waals surface area contributed by atoms with Gasteiger partial charge < -0.3 is 5.32 Å². The van der Waals surface area contributed by atoms with Gasteiger partial charge in [0.15, 0.2) is 5.78 Å². The van der Waals surface area contributed by atoms with E-state index in [0.29, 0.717) is 6.42 Å². The van der Waals surface area contributed by atoms with Gasteiger partial charge in [0.2, 0.25) is 0 Å². The first-order valence-electron chi connectivity index (χ1n) is 9.73. The van der Waals surface area contributed by atoms with E-state index in [1.54, 1.807) is 12.1 Å². The predicted molar refractivity (Wildman–Crippen MR) is 111 cm³/mol. The molecule has 0 saturated carbocycles. The summed E-state index contributed by atoms with van der Waals surface area (Å²) in [6.07, 6.45) is 1.32. The molecule has 0 bridgehead atoms. The van der Waals surface area contributed by atoms with Gasteiger partial charge in [-0.1, -0.05) is 56.3 Å². The Bertz CT molecular complexity index is 1160. The monoisotopic (exact) mass is 371 g/mol. The van der Waals surface area contributed by atoms with Crippen molar-refractivity contribution >= 4 is 22.2 Å². The van der Waals surface area contributed by atoms with Crippen molar-refractivity contribution in [3.8, 4) is 0 Å². The van der Waals surface area contributed by atoms with Crippen LogP contribution in [0.1, 0.15) is 43.7 Å². The van der Waals surface area contributed by atoms with Crippen LogP contribution in [0.2, 0.25) is 0 Å². The molecule has 2 aliphatic rings. The number of carbonyl (C=O) groups excluding carboxylic acids is 1. The Balaban J connectivity index is 1.83. The number of allylic oxidation sites excluding steroid dienone is 2. The molecular formula is C25H22FNO. The second-order valence-electron chi connectivity index (χ2n) is 8.69. The van der Waals surface area contributed by atoms with E-state index in [-0.39, 0.29) is 22.9 Å². The largest absolute Gasteiger partial charge is 0.358 e. The first-order chi connectivity index (χ1) is 13.4. The van der Waals surface area contributed by atoms with Gasteiger partial charge in [0, 0.05) is 29.3 Å². The summed E-state index contributed by atoms with van der Waals surface area (Å²) in [7, 11) is 0. The van der Waals surface area contributed by atoms with Gasteiger partial charge in [-0.3, -0.25) is 4.79 Å². The van der Waals surface area contributed by atoms with E-state index >= 15 is 0 Å². The molecule has 0 saturated heterocycles. The average molecular weight is 371 g/mol. The summed E-state index contributed by atoms with van der Waals surface area (Å²) in [4.78, 5) is 13.3. The molecule has 1 atom stereocenters. The average Bonchev–Trinajstić information content (AvgIpc) is 2.65. The molecule has 0 radical (unpaired) electrons. The number of ketones is 1. The van der Waals surface area contributed by atoms with Gasteiger partial charge >= 0.3 is 0 Å². The van der Waals surface area contributed by atoms with E-state index in [1.165, 1.54) is 6.07 Å². The summed E-state index contributed by atoms with van der Waals surface area (Å²) in [6.45, 7) is 4.26. The van der Waals surface area contributed by atoms with E-state index in [9.17, 15) is 9.18 Å². The number of hydrogen-bond acceptors (Lipinski definition) is 2. The highest BCUT2D eigenvalue weighted by atomic mass is 19.1. The van der Waals surface area contributed by atoms with Crippen molar-refractivity contribution in [3.63, 3.8) is 0 Å². The number of Topliss-reactive ketones (excluding diaryl/α,β-unsaturated/α-hetero) is 1. The molecule has 28 heavy (non-hydrogen) atoms. The number of nitrogens with one attached hydrogen (secondary N) is 1. The standard InChI is InChI=1S/C25H22FNO/c1-25(2)13-20-24(21(28)14-25)22(16-7-5-8-17(26)12-16)23-18-9-4-3-6-15(18)10-11-19(23)27-20/h3-12,22,27H,13-14H2,1-2H3. The van der Waals surface area contributed by atoms with Crippen LogP contribution >= 0.6 is 0 Å². The third-order valence-corrected chi connectivity index (χ3v) is 5.94. The number of fused-ring (bicyclic) bond motifs is 3. The molecule has 0 fully saturated rings. The second kappa shape index (κ2) is 6.03. The van der Waals surface area contributed by atoms with Gasteiger partial charge in [0.25, 0.3) is 0 Å². The third-order valence-electron chi connectivity index (χ3n) is 5.94. The highest BCUT2D eigenvalue weighted by Crippen LogP contribution is 2.50. The lowest BCUT2D eigenvalue weighted by molar-refractivity contribution is -0.118. The number of hydrogen-bond donors (Lipinski definition) is 1. The zero-order valence-electron chi connectivity index (χ0n) is 16.1. The third kappa shape index (κ3) is 2.65. The Morgan fingerprint density at radius 3 is 2.64 bits per heavy atom. The zero-order chi connectivity index (χ0) is 19.5. The van der Waals surface area contributed by atoms with Crippen LogP contribution in [-0.2, 0) is 4.79 Å². The molecule has 0 spiro atoms. The van der Waals surface area contributed by atoms with Gasteiger partial charge in [-0.05, 0) is 51.9 Å². The van der Waals surface area contributed by atoms with Gasteiger partial charge in [0.1, 0.15) is 5.82 Å². The van der Waals surface area contributed by atoms with E-state index in [2.05, 4.69) is 43.4 Å². The second-order valence-corrected chi connectivity index (χ2v) is 8.69. The normalized spacial score (nSPS) is 20.5. The van der Waals surface area contributed by atoms with Crippen molar-refractivity contribution < 1.29 is 9.18 Å². The van der Waals surface area contributed by atoms with E-state index in [1.807, 2.05) is 18.2 Å². The van der Waals surface area contributed by atoms with Crippen molar-refractivity contribution in [2.45, 2.75) is 32.6 Å². The highest BCUT2D eigenvalue weighted by Gasteiger charge is 2.41. The quantitative estimate of drug-likeness (QED) is 0.553. The molecule has 3 aromatic rings. The molecule has 3 aromatic carbocycles. The minimum absolute atomic E-state index is 0.0796. The van der Waals surface area contributed by atoms with Crippen LogP contribution in [0.15, 0.2) is 71.9 Å². The number of carbonyl (C=O) groups is 1. The van der Waals surface area contributed by atoms with Crippen LogP contribution in [0.3, 0.4) is 0 Å². The number of anilines is 1. The molecule has 1 aliphatic heterocycles. The smallest absolute Gasteiger partial charge is 0.162 e. The summed E-state index contributed by atoms with van der Waals surface area (Å²) in [5, 5.41) is 5.78. The summed E-state index contributed by atoms with van der Waals surface area (Å²) >= 11 is 0. The predicted octanol–water partition coefficient (Wildman–Crippen LogP) is 6.18. The SMILES string of the molecule is CC1(C)CC(=O)C2=C(C1)Nc1ccc3ccccc3c1C2c1cccc(F)c1. The zero-order valence-corrected chi connectivity index (χ0v) is 16.1. The lowest BCUT2D eigenvalue weighted by Gasteiger charge is -2.40. The van der Waals surface area contributed by atoms with Gasteiger partial charge in [0.05, 0.1) is 0 Å². The van der Waals surface area contributed by atoms with Crippen LogP contribution in [0, 0.1) is 11.2 Å². The molecule has 1 heterocycles. The minimum Gasteiger partial charge on any atom is -0.358 e. The molecule has 1 unspecified atom stereocenters. The Morgan fingerprint density at radius 1 is 1.00 bits per heavy atom. The molecular weight excluding hydrogens is 349 g/mol. The number of benzene rings is 3. The summed E-state index contributed by atoms with van der Waals surface area (Å²) in [5.41, 5.74) is 4.61. The van der Waals surface area contributed by atoms with Crippen molar-refractivity contribution in [2.75, 3.05) is 5.32 Å². The van der Waals surface area contributed by atoms with Crippen molar-refractivity contribution in [1.29, 1.82) is 0 Å². The molecule has 0 amide bonds. The van der Waals surface area contributed by atoms with Crippen LogP contribution in [-0.4, -0.2) is 5.78 Å². The maximum atomic E-state index is 14.1. The molecule has 0 aromatic heterocycles. The van der Waals surface area contributed by atoms with E-state index in [4.69, 9.17) is 0 Å². The van der Waals surface area contributed by atoms with Gasteiger partial charge in [-0.15, -0.1) is 0 Å². The van der Waals surface area contributed by atoms with Crippen LogP contribution in [0.5, 0.6) is 0 Å². The first-order valence-corrected chi connectivity index (χ1v) is 9.73. The van der Waals surface area contributed by atoms with Crippen LogP contribution in [0.25, 0.3) is 10.8 Å². The Morgan fingerprint density at radius 2 is 1.82 bits per heavy atom. The topological polar surface area (TPSA) is 29.1 Å². The molecule has 1 N–H and O–H groups in total. The maximum Gasteiger partial charge on any atom is 0.162 e. The van der Waals surface area contributed by atoms with Crippen LogP contribution in [0.4, 0.5) is 10.1 Å². The summed E-state index contributed by atoms with van der Waals surface area (Å²) < 4.78 is 14.1. The fraction of sp³-hybridized carbons (Fsp3) is 0.240. The van der Waals surface area contributed by atoms with Gasteiger partial charge in [-0.2, -0.15) is 0 Å². The van der Waals surface area contributed by atoms with Crippen molar-refractivity contribution in [2.24, 2.45) is 5.41 Å². The van der Waals surface area contributed by atoms with E-state index in [0.717, 1.165) is 45.3 Å². The highest BCUT2D eigenvalue weighted by molar-refractivity contribution is 6.04. The molecule has 5 rings (SSSR count).